The standard InChI is InChI=1S/C9H21N3/c1-9-8-12(7-5-10-2)6-3-4-11-9/h9-11H,3-8H2,1-2H3. The van der Waals surface area contributed by atoms with Gasteiger partial charge < -0.3 is 15.5 Å². The van der Waals surface area contributed by atoms with E-state index >= 15 is 0 Å². The maximum Gasteiger partial charge on any atom is 0.0166 e. The summed E-state index contributed by atoms with van der Waals surface area (Å²) in [5.74, 6) is 0. The number of likely N-dealkylation sites (N-methyl/N-ethyl adjacent to an activating group) is 1. The fourth-order valence-corrected chi connectivity index (χ4v) is 1.67. The molecule has 0 spiro atoms. The largest absolute Gasteiger partial charge is 0.318 e. The van der Waals surface area contributed by atoms with Crippen molar-refractivity contribution in [2.24, 2.45) is 0 Å². The molecule has 1 atom stereocenters. The molecule has 3 heteroatoms. The van der Waals surface area contributed by atoms with Crippen LogP contribution in [-0.2, 0) is 0 Å². The number of hydrogen-bond donors (Lipinski definition) is 2. The third-order valence-corrected chi connectivity index (χ3v) is 2.35. The van der Waals surface area contributed by atoms with Gasteiger partial charge in [-0.1, -0.05) is 0 Å². The molecule has 3 nitrogen and oxygen atoms in total. The predicted molar refractivity (Wildman–Crippen MR) is 52.4 cm³/mol. The molecule has 12 heavy (non-hydrogen) atoms. The van der Waals surface area contributed by atoms with Crippen LogP contribution in [0.25, 0.3) is 0 Å². The molecular weight excluding hydrogens is 150 g/mol. The first kappa shape index (κ1) is 9.96. The number of hydrogen-bond acceptors (Lipinski definition) is 3. The van der Waals surface area contributed by atoms with Crippen molar-refractivity contribution in [3.8, 4) is 0 Å². The highest BCUT2D eigenvalue weighted by atomic mass is 15.2. The van der Waals surface area contributed by atoms with Gasteiger partial charge in [-0.3, -0.25) is 0 Å². The van der Waals surface area contributed by atoms with Crippen LogP contribution in [-0.4, -0.2) is 50.7 Å². The van der Waals surface area contributed by atoms with E-state index in [4.69, 9.17) is 0 Å². The molecule has 1 heterocycles. The van der Waals surface area contributed by atoms with Gasteiger partial charge in [-0.2, -0.15) is 0 Å². The van der Waals surface area contributed by atoms with Gasteiger partial charge in [0.05, 0.1) is 0 Å². The van der Waals surface area contributed by atoms with Crippen LogP contribution in [0.15, 0.2) is 0 Å². The summed E-state index contributed by atoms with van der Waals surface area (Å²) in [6.07, 6.45) is 1.29. The van der Waals surface area contributed by atoms with Crippen LogP contribution in [0.4, 0.5) is 0 Å². The molecule has 72 valence electrons. The Kier molecular flexibility index (Phi) is 4.58. The molecule has 1 rings (SSSR count). The Balaban J connectivity index is 2.21. The Morgan fingerprint density at radius 2 is 2.42 bits per heavy atom. The third-order valence-electron chi connectivity index (χ3n) is 2.35. The van der Waals surface area contributed by atoms with Gasteiger partial charge in [0.1, 0.15) is 0 Å². The topological polar surface area (TPSA) is 27.3 Å². The van der Waals surface area contributed by atoms with Crippen molar-refractivity contribution >= 4 is 0 Å². The zero-order chi connectivity index (χ0) is 8.81. The lowest BCUT2D eigenvalue weighted by Crippen LogP contribution is -2.38. The molecular formula is C9H21N3. The predicted octanol–water partition coefficient (Wildman–Crippen LogP) is -0.110. The fourth-order valence-electron chi connectivity index (χ4n) is 1.67. The quantitative estimate of drug-likeness (QED) is 0.620. The fraction of sp³-hybridized carbons (Fsp3) is 1.00. The van der Waals surface area contributed by atoms with Crippen molar-refractivity contribution in [1.82, 2.24) is 15.5 Å². The Hall–Kier alpha value is -0.120. The molecule has 0 radical (unpaired) electrons. The van der Waals surface area contributed by atoms with Gasteiger partial charge in [0.25, 0.3) is 0 Å². The Morgan fingerprint density at radius 3 is 3.17 bits per heavy atom. The molecule has 0 amide bonds. The second kappa shape index (κ2) is 5.51. The van der Waals surface area contributed by atoms with Gasteiger partial charge in [0.2, 0.25) is 0 Å². The summed E-state index contributed by atoms with van der Waals surface area (Å²) in [4.78, 5) is 2.53. The molecule has 2 N–H and O–H groups in total. The lowest BCUT2D eigenvalue weighted by atomic mass is 10.3. The monoisotopic (exact) mass is 171 g/mol. The van der Waals surface area contributed by atoms with Gasteiger partial charge in [0, 0.05) is 25.7 Å². The van der Waals surface area contributed by atoms with E-state index in [1.165, 1.54) is 32.6 Å². The van der Waals surface area contributed by atoms with Gasteiger partial charge in [0.15, 0.2) is 0 Å². The van der Waals surface area contributed by atoms with Crippen molar-refractivity contribution in [2.45, 2.75) is 19.4 Å². The van der Waals surface area contributed by atoms with Crippen LogP contribution in [0, 0.1) is 0 Å². The summed E-state index contributed by atoms with van der Waals surface area (Å²) in [7, 11) is 2.01. The van der Waals surface area contributed by atoms with Gasteiger partial charge in [-0.25, -0.2) is 0 Å². The summed E-state index contributed by atoms with van der Waals surface area (Å²) in [6, 6.07) is 0.657. The van der Waals surface area contributed by atoms with Crippen molar-refractivity contribution in [1.29, 1.82) is 0 Å². The Morgan fingerprint density at radius 1 is 1.58 bits per heavy atom. The van der Waals surface area contributed by atoms with Crippen LogP contribution >= 0.6 is 0 Å². The molecule has 0 aromatic heterocycles. The van der Waals surface area contributed by atoms with Gasteiger partial charge >= 0.3 is 0 Å². The first-order valence-corrected chi connectivity index (χ1v) is 4.93. The average molecular weight is 171 g/mol. The number of nitrogens with zero attached hydrogens (tertiary/aromatic N) is 1. The smallest absolute Gasteiger partial charge is 0.0166 e. The molecule has 1 aliphatic rings. The average Bonchev–Trinajstić information content (AvgIpc) is 2.26. The molecule has 0 bridgehead atoms. The van der Waals surface area contributed by atoms with Crippen LogP contribution < -0.4 is 10.6 Å². The lowest BCUT2D eigenvalue weighted by molar-refractivity contribution is 0.274. The third kappa shape index (κ3) is 3.52. The summed E-state index contributed by atoms with van der Waals surface area (Å²) in [5.41, 5.74) is 0. The Labute approximate surface area is 75.5 Å². The van der Waals surface area contributed by atoms with E-state index in [-0.39, 0.29) is 0 Å². The van der Waals surface area contributed by atoms with E-state index in [0.29, 0.717) is 6.04 Å². The summed E-state index contributed by atoms with van der Waals surface area (Å²) in [6.45, 7) is 8.17. The number of rotatable bonds is 3. The second-order valence-corrected chi connectivity index (χ2v) is 3.61. The van der Waals surface area contributed by atoms with Gasteiger partial charge in [-0.05, 0) is 33.5 Å². The first-order valence-electron chi connectivity index (χ1n) is 4.93. The van der Waals surface area contributed by atoms with Crippen molar-refractivity contribution in [3.63, 3.8) is 0 Å². The zero-order valence-corrected chi connectivity index (χ0v) is 8.27. The van der Waals surface area contributed by atoms with Crippen LogP contribution in [0.3, 0.4) is 0 Å². The molecule has 1 fully saturated rings. The first-order chi connectivity index (χ1) is 5.83. The normalized spacial score (nSPS) is 27.0. The van der Waals surface area contributed by atoms with E-state index in [1.54, 1.807) is 0 Å². The van der Waals surface area contributed by atoms with Crippen molar-refractivity contribution < 1.29 is 0 Å². The lowest BCUT2D eigenvalue weighted by Gasteiger charge is -2.21. The van der Waals surface area contributed by atoms with E-state index in [0.717, 1.165) is 6.54 Å². The van der Waals surface area contributed by atoms with Crippen LogP contribution in [0.5, 0.6) is 0 Å². The van der Waals surface area contributed by atoms with Crippen LogP contribution in [0.2, 0.25) is 0 Å². The minimum Gasteiger partial charge on any atom is -0.318 e. The summed E-state index contributed by atoms with van der Waals surface area (Å²) >= 11 is 0. The Bertz CT molecular complexity index is 116. The maximum absolute atomic E-state index is 3.49. The summed E-state index contributed by atoms with van der Waals surface area (Å²) < 4.78 is 0. The van der Waals surface area contributed by atoms with E-state index in [2.05, 4.69) is 22.5 Å². The van der Waals surface area contributed by atoms with Crippen LogP contribution in [0.1, 0.15) is 13.3 Å². The molecule has 0 aromatic carbocycles. The summed E-state index contributed by atoms with van der Waals surface area (Å²) in [5, 5.41) is 6.68. The molecule has 1 unspecified atom stereocenters. The molecule has 1 aliphatic heterocycles. The van der Waals surface area contributed by atoms with Crippen molar-refractivity contribution in [3.05, 3.63) is 0 Å². The number of nitrogens with one attached hydrogen (secondary N) is 2. The minimum absolute atomic E-state index is 0.657. The minimum atomic E-state index is 0.657. The zero-order valence-electron chi connectivity index (χ0n) is 8.27. The van der Waals surface area contributed by atoms with Crippen molar-refractivity contribution in [2.75, 3.05) is 39.8 Å². The highest BCUT2D eigenvalue weighted by molar-refractivity contribution is 4.72. The van der Waals surface area contributed by atoms with E-state index in [9.17, 15) is 0 Å². The molecule has 0 aromatic rings. The van der Waals surface area contributed by atoms with E-state index < -0.39 is 0 Å². The van der Waals surface area contributed by atoms with E-state index in [1.807, 2.05) is 7.05 Å². The maximum atomic E-state index is 3.49. The molecule has 0 aliphatic carbocycles. The molecule has 1 saturated heterocycles. The van der Waals surface area contributed by atoms with Gasteiger partial charge in [-0.15, -0.1) is 0 Å². The highest BCUT2D eigenvalue weighted by Gasteiger charge is 2.12. The highest BCUT2D eigenvalue weighted by Crippen LogP contribution is 1.98. The SMILES string of the molecule is CNCCN1CCCNC(C)C1. The molecule has 0 saturated carbocycles. The second-order valence-electron chi connectivity index (χ2n) is 3.61.